The largest absolute Gasteiger partial charge is 0.497 e. The lowest BCUT2D eigenvalue weighted by Crippen LogP contribution is -1.90. The second-order valence-electron chi connectivity index (χ2n) is 3.37. The molecule has 86 valence electrons. The molecule has 0 atom stereocenters. The zero-order valence-corrected chi connectivity index (χ0v) is 10.3. The summed E-state index contributed by atoms with van der Waals surface area (Å²) in [5.74, 6) is 1.61. The Bertz CT molecular complexity index is 390. The fourth-order valence-electron chi connectivity index (χ4n) is 1.55. The van der Waals surface area contributed by atoms with Gasteiger partial charge >= 0.3 is 0 Å². The van der Waals surface area contributed by atoms with E-state index in [4.69, 9.17) is 9.47 Å². The number of methoxy groups -OCH3 is 2. The quantitative estimate of drug-likeness (QED) is 0.718. The maximum atomic E-state index is 5.24. The minimum Gasteiger partial charge on any atom is -0.497 e. The molecule has 0 aliphatic carbocycles. The number of ether oxygens (including phenoxy) is 2. The van der Waals surface area contributed by atoms with Crippen molar-refractivity contribution in [1.82, 2.24) is 0 Å². The van der Waals surface area contributed by atoms with Crippen LogP contribution in [0.1, 0.15) is 25.8 Å². The van der Waals surface area contributed by atoms with E-state index in [1.54, 1.807) is 14.2 Å². The summed E-state index contributed by atoms with van der Waals surface area (Å²) in [4.78, 5) is 0. The van der Waals surface area contributed by atoms with Crippen LogP contribution < -0.4 is 9.47 Å². The van der Waals surface area contributed by atoms with Gasteiger partial charge in [0.15, 0.2) is 0 Å². The molecule has 2 nitrogen and oxygen atoms in total. The van der Waals surface area contributed by atoms with Crippen molar-refractivity contribution in [2.75, 3.05) is 14.2 Å². The molecule has 0 bridgehead atoms. The molecular weight excluding hydrogens is 200 g/mol. The van der Waals surface area contributed by atoms with Gasteiger partial charge in [-0.15, -0.1) is 5.73 Å². The van der Waals surface area contributed by atoms with Crippen molar-refractivity contribution in [3.63, 3.8) is 0 Å². The Balaban J connectivity index is 3.27. The van der Waals surface area contributed by atoms with Gasteiger partial charge in [0.2, 0.25) is 0 Å². The van der Waals surface area contributed by atoms with Crippen LogP contribution in [0, 0.1) is 0 Å². The third-order valence-corrected chi connectivity index (χ3v) is 2.37. The minimum atomic E-state index is 0.804. The predicted molar refractivity (Wildman–Crippen MR) is 67.0 cm³/mol. The lowest BCUT2D eigenvalue weighted by molar-refractivity contribution is 0.394. The zero-order chi connectivity index (χ0) is 12.0. The minimum absolute atomic E-state index is 0.804. The molecule has 0 heterocycles. The first kappa shape index (κ1) is 12.4. The first-order valence-corrected chi connectivity index (χ1v) is 5.38. The number of hydrogen-bond donors (Lipinski definition) is 0. The van der Waals surface area contributed by atoms with Crippen LogP contribution in [0.4, 0.5) is 0 Å². The Morgan fingerprint density at radius 2 is 1.75 bits per heavy atom. The number of rotatable bonds is 4. The SMILES string of the molecule is CC=C=C(CC)c1cc(OC)cc(OC)c1. The summed E-state index contributed by atoms with van der Waals surface area (Å²) < 4.78 is 10.5. The van der Waals surface area contributed by atoms with Gasteiger partial charge in [-0.1, -0.05) is 6.92 Å². The normalized spacial score (nSPS) is 9.25. The monoisotopic (exact) mass is 218 g/mol. The van der Waals surface area contributed by atoms with E-state index in [0.717, 1.165) is 29.1 Å². The molecular formula is C14H18O2. The number of allylic oxidation sites excluding steroid dienone is 1. The molecule has 0 spiro atoms. The smallest absolute Gasteiger partial charge is 0.123 e. The molecule has 0 radical (unpaired) electrons. The van der Waals surface area contributed by atoms with Crippen molar-refractivity contribution in [3.05, 3.63) is 35.6 Å². The Hall–Kier alpha value is -1.66. The van der Waals surface area contributed by atoms with Gasteiger partial charge in [0.05, 0.1) is 14.2 Å². The van der Waals surface area contributed by atoms with E-state index in [2.05, 4.69) is 12.7 Å². The van der Waals surface area contributed by atoms with E-state index < -0.39 is 0 Å². The van der Waals surface area contributed by atoms with Gasteiger partial charge in [0.25, 0.3) is 0 Å². The fraction of sp³-hybridized carbons (Fsp3) is 0.357. The van der Waals surface area contributed by atoms with E-state index in [9.17, 15) is 0 Å². The zero-order valence-electron chi connectivity index (χ0n) is 10.3. The molecule has 16 heavy (non-hydrogen) atoms. The van der Waals surface area contributed by atoms with Crippen LogP contribution >= 0.6 is 0 Å². The topological polar surface area (TPSA) is 18.5 Å². The first-order chi connectivity index (χ1) is 7.74. The van der Waals surface area contributed by atoms with Crippen molar-refractivity contribution in [2.24, 2.45) is 0 Å². The van der Waals surface area contributed by atoms with E-state index in [-0.39, 0.29) is 0 Å². The molecule has 0 N–H and O–H groups in total. The third-order valence-electron chi connectivity index (χ3n) is 2.37. The average molecular weight is 218 g/mol. The van der Waals surface area contributed by atoms with Crippen molar-refractivity contribution in [1.29, 1.82) is 0 Å². The number of benzene rings is 1. The van der Waals surface area contributed by atoms with Crippen LogP contribution in [-0.4, -0.2) is 14.2 Å². The molecule has 0 saturated heterocycles. The highest BCUT2D eigenvalue weighted by Gasteiger charge is 2.04. The lowest BCUT2D eigenvalue weighted by atomic mass is 10.0. The summed E-state index contributed by atoms with van der Waals surface area (Å²) in [5.41, 5.74) is 5.48. The van der Waals surface area contributed by atoms with Crippen LogP contribution in [0.5, 0.6) is 11.5 Å². The van der Waals surface area contributed by atoms with Crippen molar-refractivity contribution in [2.45, 2.75) is 20.3 Å². The average Bonchev–Trinajstić information content (AvgIpc) is 2.35. The summed E-state index contributed by atoms with van der Waals surface area (Å²) in [5, 5.41) is 0. The van der Waals surface area contributed by atoms with Crippen LogP contribution in [0.2, 0.25) is 0 Å². The summed E-state index contributed by atoms with van der Waals surface area (Å²) in [6.07, 6.45) is 2.85. The Labute approximate surface area is 97.2 Å². The molecule has 2 heteroatoms. The van der Waals surface area contributed by atoms with Crippen LogP contribution in [0.15, 0.2) is 30.0 Å². The van der Waals surface area contributed by atoms with Gasteiger partial charge in [-0.25, -0.2) is 0 Å². The van der Waals surface area contributed by atoms with Gasteiger partial charge < -0.3 is 9.47 Å². The second kappa shape index (κ2) is 6.04. The second-order valence-corrected chi connectivity index (χ2v) is 3.37. The Kier molecular flexibility index (Phi) is 4.68. The van der Waals surface area contributed by atoms with Crippen LogP contribution in [0.25, 0.3) is 5.57 Å². The van der Waals surface area contributed by atoms with Gasteiger partial charge in [0, 0.05) is 11.6 Å². The van der Waals surface area contributed by atoms with Gasteiger partial charge in [-0.05, 0) is 37.1 Å². The molecule has 0 aromatic heterocycles. The highest BCUT2D eigenvalue weighted by molar-refractivity contribution is 5.67. The molecule has 0 aliphatic rings. The van der Waals surface area contributed by atoms with E-state index in [1.165, 1.54) is 0 Å². The maximum Gasteiger partial charge on any atom is 0.123 e. The van der Waals surface area contributed by atoms with Crippen LogP contribution in [0.3, 0.4) is 0 Å². The summed E-state index contributed by atoms with van der Waals surface area (Å²) in [7, 11) is 3.31. The Morgan fingerprint density at radius 1 is 1.19 bits per heavy atom. The van der Waals surface area contributed by atoms with Crippen molar-refractivity contribution >= 4 is 5.57 Å². The van der Waals surface area contributed by atoms with Crippen molar-refractivity contribution < 1.29 is 9.47 Å². The highest BCUT2D eigenvalue weighted by atomic mass is 16.5. The standard InChI is InChI=1S/C14H18O2/c1-5-7-11(6-2)12-8-13(15-3)10-14(9-12)16-4/h5,8-10H,6H2,1-4H3. The highest BCUT2D eigenvalue weighted by Crippen LogP contribution is 2.27. The molecule has 1 aromatic carbocycles. The summed E-state index contributed by atoms with van der Waals surface area (Å²) >= 11 is 0. The van der Waals surface area contributed by atoms with Gasteiger partial charge in [0.1, 0.15) is 11.5 Å². The molecule has 0 unspecified atom stereocenters. The Morgan fingerprint density at radius 3 is 2.12 bits per heavy atom. The number of hydrogen-bond acceptors (Lipinski definition) is 2. The molecule has 1 rings (SSSR count). The third kappa shape index (κ3) is 2.91. The molecule has 0 fully saturated rings. The van der Waals surface area contributed by atoms with Crippen LogP contribution in [-0.2, 0) is 0 Å². The molecule has 0 saturated carbocycles. The summed E-state index contributed by atoms with van der Waals surface area (Å²) in [6, 6.07) is 5.86. The predicted octanol–water partition coefficient (Wildman–Crippen LogP) is 3.67. The van der Waals surface area contributed by atoms with E-state index in [0.29, 0.717) is 0 Å². The van der Waals surface area contributed by atoms with E-state index in [1.807, 2.05) is 31.2 Å². The molecule has 1 aromatic rings. The molecule has 0 aliphatic heterocycles. The van der Waals surface area contributed by atoms with E-state index >= 15 is 0 Å². The fourth-order valence-corrected chi connectivity index (χ4v) is 1.55. The summed E-state index contributed by atoms with van der Waals surface area (Å²) in [6.45, 7) is 4.07. The van der Waals surface area contributed by atoms with Gasteiger partial charge in [-0.3, -0.25) is 0 Å². The maximum absolute atomic E-state index is 5.24. The van der Waals surface area contributed by atoms with Gasteiger partial charge in [-0.2, -0.15) is 0 Å². The van der Waals surface area contributed by atoms with Crippen molar-refractivity contribution in [3.8, 4) is 11.5 Å². The first-order valence-electron chi connectivity index (χ1n) is 5.38. The lowest BCUT2D eigenvalue weighted by Gasteiger charge is -2.08. The molecule has 0 amide bonds.